The lowest BCUT2D eigenvalue weighted by Gasteiger charge is -2.26. The fourth-order valence-corrected chi connectivity index (χ4v) is 4.20. The lowest BCUT2D eigenvalue weighted by Crippen LogP contribution is -2.40. The van der Waals surface area contributed by atoms with Gasteiger partial charge in [0.1, 0.15) is 5.00 Å². The maximum Gasteiger partial charge on any atom is 0.341 e. The van der Waals surface area contributed by atoms with Crippen molar-refractivity contribution < 1.29 is 23.9 Å². The number of rotatable bonds is 4. The zero-order chi connectivity index (χ0) is 21.1. The molecular formula is C19H20ClN3O5S. The van der Waals surface area contributed by atoms with Gasteiger partial charge in [0, 0.05) is 18.7 Å². The predicted molar refractivity (Wildman–Crippen MR) is 111 cm³/mol. The second-order valence-corrected chi connectivity index (χ2v) is 7.77. The Labute approximate surface area is 176 Å². The number of halogens is 1. The zero-order valence-corrected chi connectivity index (χ0v) is 17.5. The van der Waals surface area contributed by atoms with Gasteiger partial charge in [0.25, 0.3) is 11.8 Å². The molecule has 3 rings (SSSR count). The van der Waals surface area contributed by atoms with Crippen LogP contribution in [0.2, 0.25) is 5.02 Å². The highest BCUT2D eigenvalue weighted by molar-refractivity contribution is 7.18. The van der Waals surface area contributed by atoms with Crippen LogP contribution >= 0.6 is 22.9 Å². The van der Waals surface area contributed by atoms with Crippen LogP contribution in [0.1, 0.15) is 36.0 Å². The summed E-state index contributed by atoms with van der Waals surface area (Å²) in [6.45, 7) is 3.51. The Kier molecular flexibility index (Phi) is 6.41. The van der Waals surface area contributed by atoms with E-state index in [-0.39, 0.29) is 27.7 Å². The van der Waals surface area contributed by atoms with Crippen molar-refractivity contribution in [2.24, 2.45) is 0 Å². The van der Waals surface area contributed by atoms with Crippen molar-refractivity contribution in [1.29, 1.82) is 0 Å². The van der Waals surface area contributed by atoms with Crippen molar-refractivity contribution in [2.75, 3.05) is 44.5 Å². The summed E-state index contributed by atoms with van der Waals surface area (Å²) in [7, 11) is 1.24. The van der Waals surface area contributed by atoms with Crippen LogP contribution < -0.4 is 11.1 Å². The highest BCUT2D eigenvalue weighted by Gasteiger charge is 2.29. The van der Waals surface area contributed by atoms with Crippen molar-refractivity contribution in [3.05, 3.63) is 44.8 Å². The van der Waals surface area contributed by atoms with Crippen LogP contribution in [0.25, 0.3) is 0 Å². The molecule has 0 atom stereocenters. The Balaban J connectivity index is 1.94. The lowest BCUT2D eigenvalue weighted by molar-refractivity contribution is 0.0305. The number of hydrogen-bond donors (Lipinski definition) is 2. The Morgan fingerprint density at radius 1 is 1.28 bits per heavy atom. The number of carbonyl (C=O) groups is 3. The standard InChI is InChI=1S/C19H20ClN3O5S/c1-10-14(19(26)27-2)17(22-16(24)11-3-4-12(20)13(21)9-11)29-15(10)18(25)23-5-7-28-8-6-23/h3-4,9H,5-8,21H2,1-2H3,(H,22,24). The average molecular weight is 438 g/mol. The number of carbonyl (C=O) groups excluding carboxylic acids is 3. The number of nitrogens with zero attached hydrogens (tertiary/aromatic N) is 1. The van der Waals surface area contributed by atoms with Crippen LogP contribution in [0.15, 0.2) is 18.2 Å². The molecule has 154 valence electrons. The van der Waals surface area contributed by atoms with E-state index < -0.39 is 11.9 Å². The Hall–Kier alpha value is -2.62. The first-order valence-corrected chi connectivity index (χ1v) is 9.98. The number of nitrogens with two attached hydrogens (primary N) is 1. The first-order valence-electron chi connectivity index (χ1n) is 8.78. The topological polar surface area (TPSA) is 111 Å². The Morgan fingerprint density at radius 2 is 1.97 bits per heavy atom. The van der Waals surface area contributed by atoms with Crippen LogP contribution in [0, 0.1) is 6.92 Å². The van der Waals surface area contributed by atoms with E-state index in [0.717, 1.165) is 11.3 Å². The molecule has 2 aromatic rings. The Bertz CT molecular complexity index is 969. The van der Waals surface area contributed by atoms with Gasteiger partial charge in [-0.25, -0.2) is 4.79 Å². The number of methoxy groups -OCH3 is 1. The fourth-order valence-electron chi connectivity index (χ4n) is 2.92. The van der Waals surface area contributed by atoms with Gasteiger partial charge in [-0.3, -0.25) is 9.59 Å². The molecule has 1 fully saturated rings. The van der Waals surface area contributed by atoms with E-state index in [1.165, 1.54) is 25.3 Å². The molecule has 0 unspecified atom stereocenters. The van der Waals surface area contributed by atoms with Gasteiger partial charge in [-0.1, -0.05) is 11.6 Å². The third-order valence-electron chi connectivity index (χ3n) is 4.51. The summed E-state index contributed by atoms with van der Waals surface area (Å²) in [5, 5.41) is 3.27. The van der Waals surface area contributed by atoms with Gasteiger partial charge in [-0.2, -0.15) is 0 Å². The van der Waals surface area contributed by atoms with E-state index in [4.69, 9.17) is 26.8 Å². The van der Waals surface area contributed by atoms with Crippen LogP contribution in [-0.4, -0.2) is 56.1 Å². The normalized spacial score (nSPS) is 13.8. The number of nitrogens with one attached hydrogen (secondary N) is 1. The van der Waals surface area contributed by atoms with Crippen molar-refractivity contribution in [3.63, 3.8) is 0 Å². The van der Waals surface area contributed by atoms with Crippen molar-refractivity contribution in [2.45, 2.75) is 6.92 Å². The maximum absolute atomic E-state index is 12.9. The van der Waals surface area contributed by atoms with E-state index >= 15 is 0 Å². The second kappa shape index (κ2) is 8.81. The number of thiophene rings is 1. The number of amides is 2. The molecule has 0 radical (unpaired) electrons. The van der Waals surface area contributed by atoms with Gasteiger partial charge >= 0.3 is 5.97 Å². The van der Waals surface area contributed by atoms with Gasteiger partial charge in [-0.15, -0.1) is 11.3 Å². The molecule has 1 saturated heterocycles. The first kappa shape index (κ1) is 21.1. The summed E-state index contributed by atoms with van der Waals surface area (Å²) < 4.78 is 10.1. The van der Waals surface area contributed by atoms with E-state index in [9.17, 15) is 14.4 Å². The van der Waals surface area contributed by atoms with E-state index in [0.29, 0.717) is 41.8 Å². The van der Waals surface area contributed by atoms with Gasteiger partial charge in [0.15, 0.2) is 0 Å². The molecule has 2 amide bonds. The molecule has 29 heavy (non-hydrogen) atoms. The molecule has 10 heteroatoms. The smallest absolute Gasteiger partial charge is 0.341 e. The van der Waals surface area contributed by atoms with Gasteiger partial charge < -0.3 is 25.4 Å². The van der Waals surface area contributed by atoms with E-state index in [2.05, 4.69) is 5.32 Å². The fraction of sp³-hybridized carbons (Fsp3) is 0.316. The Morgan fingerprint density at radius 3 is 2.59 bits per heavy atom. The summed E-state index contributed by atoms with van der Waals surface area (Å²) in [4.78, 5) is 40.0. The molecular weight excluding hydrogens is 418 g/mol. The van der Waals surface area contributed by atoms with Gasteiger partial charge in [-0.05, 0) is 30.7 Å². The molecule has 0 bridgehead atoms. The molecule has 0 spiro atoms. The summed E-state index contributed by atoms with van der Waals surface area (Å²) in [6.07, 6.45) is 0. The number of anilines is 2. The first-order chi connectivity index (χ1) is 13.8. The van der Waals surface area contributed by atoms with E-state index in [1.807, 2.05) is 0 Å². The minimum atomic E-state index is -0.634. The largest absolute Gasteiger partial charge is 0.465 e. The third kappa shape index (κ3) is 4.36. The molecule has 1 aliphatic heterocycles. The molecule has 3 N–H and O–H groups in total. The van der Waals surface area contributed by atoms with Gasteiger partial charge in [0.2, 0.25) is 0 Å². The molecule has 0 aliphatic carbocycles. The summed E-state index contributed by atoms with van der Waals surface area (Å²) in [5.74, 6) is -1.33. The molecule has 1 aliphatic rings. The third-order valence-corrected chi connectivity index (χ3v) is 6.05. The number of ether oxygens (including phenoxy) is 2. The number of benzene rings is 1. The van der Waals surface area contributed by atoms with Crippen LogP contribution in [0.5, 0.6) is 0 Å². The zero-order valence-electron chi connectivity index (χ0n) is 15.9. The maximum atomic E-state index is 12.9. The molecule has 0 saturated carbocycles. The second-order valence-electron chi connectivity index (χ2n) is 6.35. The SMILES string of the molecule is COC(=O)c1c(NC(=O)c2ccc(Cl)c(N)c2)sc(C(=O)N2CCOCC2)c1C. The average Bonchev–Trinajstić information content (AvgIpc) is 3.05. The highest BCUT2D eigenvalue weighted by atomic mass is 35.5. The summed E-state index contributed by atoms with van der Waals surface area (Å²) >= 11 is 6.94. The molecule has 1 aromatic carbocycles. The number of nitrogen functional groups attached to an aromatic ring is 1. The quantitative estimate of drug-likeness (QED) is 0.562. The molecule has 1 aromatic heterocycles. The number of esters is 1. The summed E-state index contributed by atoms with van der Waals surface area (Å²) in [5.41, 5.74) is 6.91. The van der Waals surface area contributed by atoms with Crippen molar-refractivity contribution in [1.82, 2.24) is 4.90 Å². The van der Waals surface area contributed by atoms with Crippen LogP contribution in [0.3, 0.4) is 0 Å². The van der Waals surface area contributed by atoms with Gasteiger partial charge in [0.05, 0.1) is 41.5 Å². The monoisotopic (exact) mass is 437 g/mol. The minimum Gasteiger partial charge on any atom is -0.465 e. The predicted octanol–water partition coefficient (Wildman–Crippen LogP) is 2.80. The van der Waals surface area contributed by atoms with Crippen LogP contribution in [-0.2, 0) is 9.47 Å². The summed E-state index contributed by atoms with van der Waals surface area (Å²) in [6, 6.07) is 4.47. The van der Waals surface area contributed by atoms with Crippen LogP contribution in [0.4, 0.5) is 10.7 Å². The highest BCUT2D eigenvalue weighted by Crippen LogP contribution is 2.35. The van der Waals surface area contributed by atoms with Crippen molar-refractivity contribution in [3.8, 4) is 0 Å². The van der Waals surface area contributed by atoms with E-state index in [1.54, 1.807) is 11.8 Å². The molecule has 8 nitrogen and oxygen atoms in total. The number of hydrogen-bond acceptors (Lipinski definition) is 7. The lowest BCUT2D eigenvalue weighted by atomic mass is 10.1. The molecule has 2 heterocycles. The minimum absolute atomic E-state index is 0.157. The number of morpholine rings is 1. The van der Waals surface area contributed by atoms with Crippen molar-refractivity contribution >= 4 is 51.4 Å².